The number of benzene rings is 1. The lowest BCUT2D eigenvalue weighted by Gasteiger charge is -2.31. The molecule has 3 nitrogen and oxygen atoms in total. The fraction of sp³-hybridized carbons (Fsp3) is 0.438. The molecule has 3 heteroatoms. The van der Waals surface area contributed by atoms with Gasteiger partial charge in [0.2, 0.25) is 5.91 Å². The number of likely N-dealkylation sites (tertiary alicyclic amines) is 1. The van der Waals surface area contributed by atoms with E-state index in [0.29, 0.717) is 5.92 Å². The molecule has 2 aromatic rings. The maximum atomic E-state index is 11.5. The number of nitrogens with zero attached hydrogens (tertiary/aromatic N) is 1. The summed E-state index contributed by atoms with van der Waals surface area (Å²) in [5.41, 5.74) is 3.75. The molecule has 1 unspecified atom stereocenters. The van der Waals surface area contributed by atoms with Crippen molar-refractivity contribution in [2.24, 2.45) is 0 Å². The number of carbonyl (C=O) groups is 1. The summed E-state index contributed by atoms with van der Waals surface area (Å²) in [6.45, 7) is 5.54. The van der Waals surface area contributed by atoms with Crippen LogP contribution in [0.25, 0.3) is 10.9 Å². The Labute approximate surface area is 113 Å². The molecule has 19 heavy (non-hydrogen) atoms. The Bertz CT molecular complexity index is 614. The van der Waals surface area contributed by atoms with Gasteiger partial charge in [0, 0.05) is 37.1 Å². The minimum atomic E-state index is 0.191. The zero-order valence-corrected chi connectivity index (χ0v) is 11.6. The summed E-state index contributed by atoms with van der Waals surface area (Å²) in [6.07, 6.45) is 2.26. The third kappa shape index (κ3) is 2.37. The first-order valence-electron chi connectivity index (χ1n) is 6.98. The number of hydrogen-bond acceptors (Lipinski definition) is 1. The minimum absolute atomic E-state index is 0.191. The zero-order chi connectivity index (χ0) is 13.4. The predicted octanol–water partition coefficient (Wildman–Crippen LogP) is 3.20. The topological polar surface area (TPSA) is 36.1 Å². The van der Waals surface area contributed by atoms with Crippen LogP contribution < -0.4 is 0 Å². The third-order valence-corrected chi connectivity index (χ3v) is 4.10. The van der Waals surface area contributed by atoms with E-state index in [2.05, 4.69) is 36.2 Å². The van der Waals surface area contributed by atoms with Gasteiger partial charge >= 0.3 is 0 Å². The minimum Gasteiger partial charge on any atom is -0.358 e. The molecule has 1 aliphatic heterocycles. The highest BCUT2D eigenvalue weighted by atomic mass is 16.2. The second-order valence-corrected chi connectivity index (χ2v) is 5.62. The Morgan fingerprint density at radius 2 is 2.21 bits per heavy atom. The van der Waals surface area contributed by atoms with Gasteiger partial charge in [-0.15, -0.1) is 0 Å². The molecule has 1 aliphatic rings. The lowest BCUT2D eigenvalue weighted by Crippen LogP contribution is -2.37. The molecule has 1 atom stereocenters. The van der Waals surface area contributed by atoms with Crippen LogP contribution in [0.3, 0.4) is 0 Å². The number of rotatable bonds is 1. The Morgan fingerprint density at radius 3 is 3.00 bits per heavy atom. The van der Waals surface area contributed by atoms with Crippen molar-refractivity contribution in [3.05, 3.63) is 35.5 Å². The number of fused-ring (bicyclic) bond motifs is 1. The Balaban J connectivity index is 1.89. The van der Waals surface area contributed by atoms with E-state index in [-0.39, 0.29) is 5.91 Å². The number of aromatic nitrogens is 1. The first-order chi connectivity index (χ1) is 9.13. The van der Waals surface area contributed by atoms with E-state index in [1.807, 2.05) is 4.90 Å². The number of piperidine rings is 1. The standard InChI is InChI=1S/C16H20N2O/c1-11-5-6-15-14(8-11)9-16(17-15)13-4-3-7-18(10-13)12(2)19/h5-6,8-9,13,17H,3-4,7,10H2,1-2H3. The zero-order valence-electron chi connectivity index (χ0n) is 11.6. The molecular formula is C16H20N2O. The first kappa shape index (κ1) is 12.3. The largest absolute Gasteiger partial charge is 0.358 e. The Kier molecular flexibility index (Phi) is 3.05. The number of nitrogens with one attached hydrogen (secondary N) is 1. The molecule has 0 bridgehead atoms. The summed E-state index contributed by atoms with van der Waals surface area (Å²) in [6, 6.07) is 8.72. The van der Waals surface area contributed by atoms with Crippen LogP contribution in [0.5, 0.6) is 0 Å². The van der Waals surface area contributed by atoms with Gasteiger partial charge in [-0.05, 0) is 43.4 Å². The highest BCUT2D eigenvalue weighted by molar-refractivity contribution is 5.81. The smallest absolute Gasteiger partial charge is 0.219 e. The van der Waals surface area contributed by atoms with Crippen molar-refractivity contribution in [3.63, 3.8) is 0 Å². The Morgan fingerprint density at radius 1 is 1.37 bits per heavy atom. The van der Waals surface area contributed by atoms with Crippen LogP contribution in [0.4, 0.5) is 0 Å². The van der Waals surface area contributed by atoms with Gasteiger partial charge in [0.1, 0.15) is 0 Å². The van der Waals surface area contributed by atoms with Crippen LogP contribution in [0, 0.1) is 6.92 Å². The fourth-order valence-corrected chi connectivity index (χ4v) is 3.01. The number of aryl methyl sites for hydroxylation is 1. The van der Waals surface area contributed by atoms with Crippen molar-refractivity contribution in [1.82, 2.24) is 9.88 Å². The number of hydrogen-bond donors (Lipinski definition) is 1. The van der Waals surface area contributed by atoms with Crippen molar-refractivity contribution in [2.75, 3.05) is 13.1 Å². The quantitative estimate of drug-likeness (QED) is 0.835. The number of amides is 1. The summed E-state index contributed by atoms with van der Waals surface area (Å²) >= 11 is 0. The number of aromatic amines is 1. The van der Waals surface area contributed by atoms with Crippen LogP contribution in [0.15, 0.2) is 24.3 Å². The molecule has 0 spiro atoms. The molecular weight excluding hydrogens is 236 g/mol. The average Bonchev–Trinajstić information content (AvgIpc) is 2.81. The van der Waals surface area contributed by atoms with Crippen LogP contribution in [0.2, 0.25) is 0 Å². The second kappa shape index (κ2) is 4.72. The van der Waals surface area contributed by atoms with Crippen LogP contribution in [-0.4, -0.2) is 28.9 Å². The molecule has 2 heterocycles. The molecule has 1 aromatic heterocycles. The first-order valence-corrected chi connectivity index (χ1v) is 6.98. The SMILES string of the molecule is CC(=O)N1CCCC(c2cc3cc(C)ccc3[nH]2)C1. The van der Waals surface area contributed by atoms with Crippen molar-refractivity contribution >= 4 is 16.8 Å². The van der Waals surface area contributed by atoms with Gasteiger partial charge < -0.3 is 9.88 Å². The fourth-order valence-electron chi connectivity index (χ4n) is 3.01. The molecule has 1 saturated heterocycles. The van der Waals surface area contributed by atoms with Crippen LogP contribution in [-0.2, 0) is 4.79 Å². The maximum absolute atomic E-state index is 11.5. The molecule has 0 saturated carbocycles. The van der Waals surface area contributed by atoms with Gasteiger partial charge in [-0.25, -0.2) is 0 Å². The van der Waals surface area contributed by atoms with Crippen LogP contribution >= 0.6 is 0 Å². The van der Waals surface area contributed by atoms with Gasteiger partial charge in [0.25, 0.3) is 0 Å². The molecule has 1 amide bonds. The normalized spacial score (nSPS) is 19.9. The van der Waals surface area contributed by atoms with Crippen molar-refractivity contribution in [1.29, 1.82) is 0 Å². The monoisotopic (exact) mass is 256 g/mol. The second-order valence-electron chi connectivity index (χ2n) is 5.62. The third-order valence-electron chi connectivity index (χ3n) is 4.10. The maximum Gasteiger partial charge on any atom is 0.219 e. The van der Waals surface area contributed by atoms with E-state index in [1.165, 1.54) is 22.2 Å². The summed E-state index contributed by atoms with van der Waals surface area (Å²) in [5.74, 6) is 0.641. The summed E-state index contributed by atoms with van der Waals surface area (Å²) in [5, 5.41) is 1.27. The van der Waals surface area contributed by atoms with Gasteiger partial charge in [-0.1, -0.05) is 11.6 Å². The van der Waals surface area contributed by atoms with Gasteiger partial charge in [0.05, 0.1) is 0 Å². The van der Waals surface area contributed by atoms with E-state index in [9.17, 15) is 4.79 Å². The predicted molar refractivity (Wildman–Crippen MR) is 77.3 cm³/mol. The van der Waals surface area contributed by atoms with Gasteiger partial charge in [-0.3, -0.25) is 4.79 Å². The highest BCUT2D eigenvalue weighted by Crippen LogP contribution is 2.29. The summed E-state index contributed by atoms with van der Waals surface area (Å²) in [7, 11) is 0. The molecule has 1 N–H and O–H groups in total. The number of carbonyl (C=O) groups excluding carboxylic acids is 1. The highest BCUT2D eigenvalue weighted by Gasteiger charge is 2.23. The molecule has 100 valence electrons. The van der Waals surface area contributed by atoms with E-state index in [1.54, 1.807) is 6.92 Å². The summed E-state index contributed by atoms with van der Waals surface area (Å²) < 4.78 is 0. The van der Waals surface area contributed by atoms with E-state index in [4.69, 9.17) is 0 Å². The Hall–Kier alpha value is -1.77. The lowest BCUT2D eigenvalue weighted by molar-refractivity contribution is -0.130. The van der Waals surface area contributed by atoms with Crippen molar-refractivity contribution < 1.29 is 4.79 Å². The molecule has 1 fully saturated rings. The van der Waals surface area contributed by atoms with E-state index >= 15 is 0 Å². The number of H-pyrrole nitrogens is 1. The molecule has 1 aromatic carbocycles. The van der Waals surface area contributed by atoms with E-state index < -0.39 is 0 Å². The van der Waals surface area contributed by atoms with Crippen LogP contribution in [0.1, 0.15) is 36.9 Å². The van der Waals surface area contributed by atoms with Crippen molar-refractivity contribution in [3.8, 4) is 0 Å². The van der Waals surface area contributed by atoms with Crippen molar-refractivity contribution in [2.45, 2.75) is 32.6 Å². The molecule has 0 aliphatic carbocycles. The molecule has 3 rings (SSSR count). The summed E-state index contributed by atoms with van der Waals surface area (Å²) in [4.78, 5) is 17.0. The van der Waals surface area contributed by atoms with Gasteiger partial charge in [0.15, 0.2) is 0 Å². The van der Waals surface area contributed by atoms with E-state index in [0.717, 1.165) is 25.9 Å². The van der Waals surface area contributed by atoms with Gasteiger partial charge in [-0.2, -0.15) is 0 Å². The average molecular weight is 256 g/mol. The molecule has 0 radical (unpaired) electrons. The lowest BCUT2D eigenvalue weighted by atomic mass is 9.95.